The quantitative estimate of drug-likeness (QED) is 0.503. The summed E-state index contributed by atoms with van der Waals surface area (Å²) in [6, 6.07) is 0. The number of alkyl halides is 3. The highest BCUT2D eigenvalue weighted by Crippen LogP contribution is 2.20. The van der Waals surface area contributed by atoms with Gasteiger partial charge in [-0.05, 0) is 12.0 Å². The SMILES string of the molecule is CSOC(F)(F)F. The van der Waals surface area contributed by atoms with Gasteiger partial charge in [0.15, 0.2) is 0 Å². The van der Waals surface area contributed by atoms with Crippen molar-refractivity contribution >= 4 is 12.0 Å². The van der Waals surface area contributed by atoms with Crippen LogP contribution in [0.2, 0.25) is 0 Å². The van der Waals surface area contributed by atoms with Crippen LogP contribution in [0.15, 0.2) is 0 Å². The summed E-state index contributed by atoms with van der Waals surface area (Å²) < 4.78 is 35.6. The number of hydrogen-bond donors (Lipinski definition) is 0. The molecular formula is C2H3F3OS. The molecule has 0 aliphatic rings. The maximum atomic E-state index is 10.8. The average molecular weight is 132 g/mol. The zero-order valence-electron chi connectivity index (χ0n) is 3.45. The van der Waals surface area contributed by atoms with Gasteiger partial charge < -0.3 is 0 Å². The molecule has 1 nitrogen and oxygen atoms in total. The monoisotopic (exact) mass is 132 g/mol. The van der Waals surface area contributed by atoms with Crippen LogP contribution < -0.4 is 0 Å². The van der Waals surface area contributed by atoms with E-state index in [9.17, 15) is 13.2 Å². The molecule has 0 aliphatic heterocycles. The Balaban J connectivity index is 3.15. The highest BCUT2D eigenvalue weighted by Gasteiger charge is 2.28. The van der Waals surface area contributed by atoms with Crippen molar-refractivity contribution in [2.75, 3.05) is 6.26 Å². The second-order valence-electron chi connectivity index (χ2n) is 0.696. The molecule has 44 valence electrons. The summed E-state index contributed by atoms with van der Waals surface area (Å²) in [5, 5.41) is 0. The van der Waals surface area contributed by atoms with Crippen LogP contribution in [0, 0.1) is 0 Å². The van der Waals surface area contributed by atoms with Gasteiger partial charge in [0.25, 0.3) is 0 Å². The minimum Gasteiger partial charge on any atom is -0.220 e. The van der Waals surface area contributed by atoms with Gasteiger partial charge in [-0.2, -0.15) is 0 Å². The van der Waals surface area contributed by atoms with E-state index in [0.29, 0.717) is 0 Å². The molecule has 0 bridgehead atoms. The molecule has 0 N–H and O–H groups in total. The van der Waals surface area contributed by atoms with Gasteiger partial charge in [-0.25, -0.2) is 4.18 Å². The molecule has 0 aliphatic carbocycles. The topological polar surface area (TPSA) is 9.23 Å². The Morgan fingerprint density at radius 1 is 1.43 bits per heavy atom. The van der Waals surface area contributed by atoms with Crippen molar-refractivity contribution in [3.63, 3.8) is 0 Å². The van der Waals surface area contributed by atoms with Gasteiger partial charge in [0.2, 0.25) is 0 Å². The summed E-state index contributed by atoms with van der Waals surface area (Å²) in [5.41, 5.74) is 0. The zero-order chi connectivity index (χ0) is 5.91. The Hall–Kier alpha value is 0.100. The van der Waals surface area contributed by atoms with Crippen molar-refractivity contribution in [1.82, 2.24) is 0 Å². The lowest BCUT2D eigenvalue weighted by molar-refractivity contribution is -0.266. The molecule has 0 unspecified atom stereocenters. The molecule has 0 radical (unpaired) electrons. The predicted octanol–water partition coefficient (Wildman–Crippen LogP) is 1.80. The van der Waals surface area contributed by atoms with Crippen molar-refractivity contribution in [2.24, 2.45) is 0 Å². The minimum absolute atomic E-state index is 0.284. The predicted molar refractivity (Wildman–Crippen MR) is 20.7 cm³/mol. The first-order chi connectivity index (χ1) is 3.06. The first-order valence-corrected chi connectivity index (χ1v) is 2.50. The van der Waals surface area contributed by atoms with E-state index >= 15 is 0 Å². The standard InChI is InChI=1S/C2H3F3OS/c1-7-6-2(3,4)5/h1H3. The molecule has 0 aromatic rings. The van der Waals surface area contributed by atoms with Crippen molar-refractivity contribution in [1.29, 1.82) is 0 Å². The third kappa shape index (κ3) is 6.10. The van der Waals surface area contributed by atoms with Crippen LogP contribution in [-0.2, 0) is 4.18 Å². The van der Waals surface area contributed by atoms with Crippen LogP contribution in [0.25, 0.3) is 0 Å². The van der Waals surface area contributed by atoms with Gasteiger partial charge in [-0.1, -0.05) is 0 Å². The lowest BCUT2D eigenvalue weighted by atomic mass is 11.4. The van der Waals surface area contributed by atoms with E-state index in [4.69, 9.17) is 0 Å². The second-order valence-corrected chi connectivity index (χ2v) is 1.20. The molecule has 7 heavy (non-hydrogen) atoms. The third-order valence-electron chi connectivity index (χ3n) is 0.178. The van der Waals surface area contributed by atoms with E-state index in [1.165, 1.54) is 6.26 Å². The largest absolute Gasteiger partial charge is 0.533 e. The van der Waals surface area contributed by atoms with Gasteiger partial charge in [-0.3, -0.25) is 0 Å². The van der Waals surface area contributed by atoms with Crippen LogP contribution in [0.3, 0.4) is 0 Å². The first-order valence-electron chi connectivity index (χ1n) is 1.35. The molecule has 0 saturated carbocycles. The summed E-state index contributed by atoms with van der Waals surface area (Å²) in [7, 11) is 0. The van der Waals surface area contributed by atoms with Crippen molar-refractivity contribution in [3.8, 4) is 0 Å². The van der Waals surface area contributed by atoms with E-state index in [0.717, 1.165) is 0 Å². The normalized spacial score (nSPS) is 12.0. The number of hydrogen-bond acceptors (Lipinski definition) is 2. The molecule has 0 amide bonds. The van der Waals surface area contributed by atoms with E-state index < -0.39 is 6.36 Å². The minimum atomic E-state index is -4.49. The molecule has 0 aromatic heterocycles. The van der Waals surface area contributed by atoms with Gasteiger partial charge in [0.1, 0.15) is 0 Å². The first kappa shape index (κ1) is 7.10. The molecule has 0 fully saturated rings. The van der Waals surface area contributed by atoms with Crippen LogP contribution >= 0.6 is 12.0 Å². The number of halogens is 3. The van der Waals surface area contributed by atoms with Crippen molar-refractivity contribution < 1.29 is 17.4 Å². The fourth-order valence-corrected chi connectivity index (χ4v) is 0.283. The highest BCUT2D eigenvalue weighted by molar-refractivity contribution is 7.93. The summed E-state index contributed by atoms with van der Waals surface area (Å²) in [6.45, 7) is 0. The Morgan fingerprint density at radius 3 is 1.86 bits per heavy atom. The van der Waals surface area contributed by atoms with E-state index in [2.05, 4.69) is 4.18 Å². The summed E-state index contributed by atoms with van der Waals surface area (Å²) in [6.07, 6.45) is -3.28. The van der Waals surface area contributed by atoms with E-state index in [1.54, 1.807) is 0 Å². The van der Waals surface area contributed by atoms with Crippen LogP contribution in [0.4, 0.5) is 13.2 Å². The van der Waals surface area contributed by atoms with Gasteiger partial charge >= 0.3 is 6.36 Å². The number of rotatable bonds is 1. The summed E-state index contributed by atoms with van der Waals surface area (Å²) in [5.74, 6) is 0. The Morgan fingerprint density at radius 2 is 1.86 bits per heavy atom. The average Bonchev–Trinajstić information content (AvgIpc) is 1.30. The molecule has 0 rings (SSSR count). The fraction of sp³-hybridized carbons (Fsp3) is 1.00. The molecule has 0 heterocycles. The maximum absolute atomic E-state index is 10.8. The van der Waals surface area contributed by atoms with Crippen LogP contribution in [0.1, 0.15) is 0 Å². The lowest BCUT2D eigenvalue weighted by Crippen LogP contribution is -2.06. The molecular weight excluding hydrogens is 129 g/mol. The molecule has 0 atom stereocenters. The Bertz CT molecular complexity index is 51.4. The third-order valence-corrected chi connectivity index (χ3v) is 0.533. The second kappa shape index (κ2) is 2.42. The van der Waals surface area contributed by atoms with Gasteiger partial charge in [0.05, 0.1) is 0 Å². The Kier molecular flexibility index (Phi) is 2.45. The van der Waals surface area contributed by atoms with E-state index in [1.807, 2.05) is 0 Å². The smallest absolute Gasteiger partial charge is 0.220 e. The highest BCUT2D eigenvalue weighted by atomic mass is 32.2. The fourth-order valence-electron chi connectivity index (χ4n) is 0.0945. The van der Waals surface area contributed by atoms with E-state index in [-0.39, 0.29) is 12.0 Å². The Labute approximate surface area is 43.0 Å². The summed E-state index contributed by atoms with van der Waals surface area (Å²) >= 11 is 0.284. The molecule has 0 spiro atoms. The molecule has 5 heteroatoms. The zero-order valence-corrected chi connectivity index (χ0v) is 4.27. The summed E-state index contributed by atoms with van der Waals surface area (Å²) in [4.78, 5) is 0. The van der Waals surface area contributed by atoms with Crippen LogP contribution in [-0.4, -0.2) is 12.6 Å². The van der Waals surface area contributed by atoms with Crippen LogP contribution in [0.5, 0.6) is 0 Å². The van der Waals surface area contributed by atoms with Gasteiger partial charge in [-0.15, -0.1) is 13.2 Å². The molecule has 0 aromatic carbocycles. The maximum Gasteiger partial charge on any atom is 0.533 e. The van der Waals surface area contributed by atoms with Gasteiger partial charge in [0, 0.05) is 6.26 Å². The van der Waals surface area contributed by atoms with Crippen molar-refractivity contribution in [3.05, 3.63) is 0 Å². The molecule has 0 saturated heterocycles. The lowest BCUT2D eigenvalue weighted by Gasteiger charge is -1.99. The van der Waals surface area contributed by atoms with Crippen molar-refractivity contribution in [2.45, 2.75) is 6.36 Å².